The Labute approximate surface area is 426 Å². The Morgan fingerprint density at radius 3 is 0.861 bits per heavy atom. The maximum atomic E-state index is 15.8. The topological polar surface area (TPSA) is 104 Å². The van der Waals surface area contributed by atoms with Crippen molar-refractivity contribution in [3.05, 3.63) is 199 Å². The average Bonchev–Trinajstić information content (AvgIpc) is 3.86. The van der Waals surface area contributed by atoms with Gasteiger partial charge >= 0.3 is 0 Å². The Kier molecular flexibility index (Phi) is 12.8. The van der Waals surface area contributed by atoms with Gasteiger partial charge < -0.3 is 0 Å². The standard InChI is InChI=1S/C62H62N4O4S2/c1-35-18-22-51(23-19-35)71(67,68)65-59(55-45(11)30-39(5)31-46(55)12)57(53-41(7)26-37(3)27-42(53)8)63-61(65)49-16-15-17-50(34-49)62-64-58(54-43(9)28-38(4)29-44(54)10)60(56-47(13)32-40(6)33-48(56)14)66(62)72(69,70)52-24-20-36(2)21-25-52/h15-34H,1-14H3. The highest BCUT2D eigenvalue weighted by atomic mass is 32.2. The van der Waals surface area contributed by atoms with Crippen LogP contribution in [0.5, 0.6) is 0 Å². The zero-order valence-electron chi connectivity index (χ0n) is 43.8. The van der Waals surface area contributed by atoms with Crippen molar-refractivity contribution in [2.24, 2.45) is 0 Å². The lowest BCUT2D eigenvalue weighted by atomic mass is 9.91. The lowest BCUT2D eigenvalue weighted by Crippen LogP contribution is -2.17. The second-order valence-electron chi connectivity index (χ2n) is 20.1. The van der Waals surface area contributed by atoms with E-state index < -0.39 is 20.0 Å². The van der Waals surface area contributed by atoms with Crippen molar-refractivity contribution in [1.82, 2.24) is 17.9 Å². The lowest BCUT2D eigenvalue weighted by Gasteiger charge is -2.19. The Morgan fingerprint density at radius 2 is 0.583 bits per heavy atom. The van der Waals surface area contributed by atoms with Crippen molar-refractivity contribution in [2.75, 3.05) is 0 Å². The molecule has 0 aliphatic carbocycles. The van der Waals surface area contributed by atoms with Gasteiger partial charge in [-0.25, -0.2) is 34.7 Å². The molecule has 0 amide bonds. The molecule has 2 aromatic heterocycles. The fraction of sp³-hybridized carbons (Fsp3) is 0.226. The summed E-state index contributed by atoms with van der Waals surface area (Å²) in [6, 6.07) is 37.9. The molecule has 2 heterocycles. The van der Waals surface area contributed by atoms with Crippen LogP contribution in [0.1, 0.15) is 77.9 Å². The first-order valence-electron chi connectivity index (χ1n) is 24.3. The maximum Gasteiger partial charge on any atom is 0.270 e. The highest BCUT2D eigenvalue weighted by Gasteiger charge is 2.35. The first-order valence-corrected chi connectivity index (χ1v) is 27.2. The van der Waals surface area contributed by atoms with E-state index in [1.807, 2.05) is 107 Å². The molecule has 0 saturated heterocycles. The van der Waals surface area contributed by atoms with Crippen LogP contribution in [0, 0.1) is 96.9 Å². The molecule has 8 nitrogen and oxygen atoms in total. The van der Waals surface area contributed by atoms with Crippen LogP contribution in [-0.4, -0.2) is 34.7 Å². The van der Waals surface area contributed by atoms with Gasteiger partial charge in [-0.1, -0.05) is 124 Å². The molecule has 0 aliphatic rings. The fourth-order valence-electron chi connectivity index (χ4n) is 11.1. The first-order chi connectivity index (χ1) is 34.0. The van der Waals surface area contributed by atoms with Crippen molar-refractivity contribution in [3.63, 3.8) is 0 Å². The summed E-state index contributed by atoms with van der Waals surface area (Å²) >= 11 is 0. The molecule has 0 fully saturated rings. The Morgan fingerprint density at radius 1 is 0.319 bits per heavy atom. The summed E-state index contributed by atoms with van der Waals surface area (Å²) in [7, 11) is -8.78. The van der Waals surface area contributed by atoms with Gasteiger partial charge in [-0.15, -0.1) is 0 Å². The number of hydrogen-bond donors (Lipinski definition) is 0. The SMILES string of the molecule is Cc1ccc(S(=O)(=O)n2c(-c3cccc(-c4nc(-c5c(C)cc(C)cc5C)c(-c5c(C)cc(C)cc5C)n4S(=O)(=O)c4ccc(C)cc4)c3)nc(-c3c(C)cc(C)cc3C)c2-c2c(C)cc(C)cc2C)cc1. The van der Waals surface area contributed by atoms with E-state index in [2.05, 4.69) is 62.4 Å². The molecule has 9 aromatic rings. The van der Waals surface area contributed by atoms with Gasteiger partial charge in [0.1, 0.15) is 0 Å². The largest absolute Gasteiger partial charge is 0.270 e. The van der Waals surface area contributed by atoms with E-state index in [0.717, 1.165) is 100 Å². The van der Waals surface area contributed by atoms with Crippen LogP contribution in [0.25, 0.3) is 67.8 Å². The third kappa shape index (κ3) is 8.64. The maximum absolute atomic E-state index is 15.8. The quantitative estimate of drug-likeness (QED) is 0.135. The second kappa shape index (κ2) is 18.5. The van der Waals surface area contributed by atoms with Gasteiger partial charge in [0.25, 0.3) is 20.0 Å². The Bertz CT molecular complexity index is 3570. The van der Waals surface area contributed by atoms with Crippen LogP contribution >= 0.6 is 0 Å². The summed E-state index contributed by atoms with van der Waals surface area (Å²) in [4.78, 5) is 11.2. The molecule has 0 bridgehead atoms. The van der Waals surface area contributed by atoms with Gasteiger partial charge in [0, 0.05) is 33.4 Å². The minimum Gasteiger partial charge on any atom is -0.227 e. The summed E-state index contributed by atoms with van der Waals surface area (Å²) < 4.78 is 65.9. The summed E-state index contributed by atoms with van der Waals surface area (Å²) in [5.41, 5.74) is 19.7. The van der Waals surface area contributed by atoms with Crippen molar-refractivity contribution >= 4 is 20.0 Å². The van der Waals surface area contributed by atoms with Crippen LogP contribution in [0.3, 0.4) is 0 Å². The Balaban J connectivity index is 1.45. The summed E-state index contributed by atoms with van der Waals surface area (Å²) in [5.74, 6) is 0.355. The van der Waals surface area contributed by atoms with Gasteiger partial charge in [0.15, 0.2) is 11.6 Å². The third-order valence-corrected chi connectivity index (χ3v) is 17.2. The molecule has 0 aliphatic heterocycles. The van der Waals surface area contributed by atoms with E-state index in [9.17, 15) is 0 Å². The molecule has 0 unspecified atom stereocenters. The second-order valence-corrected chi connectivity index (χ2v) is 23.7. The van der Waals surface area contributed by atoms with Gasteiger partial charge in [-0.2, -0.15) is 0 Å². The molecular weight excluding hydrogens is 929 g/mol. The van der Waals surface area contributed by atoms with Crippen molar-refractivity contribution in [2.45, 2.75) is 107 Å². The summed E-state index contributed by atoms with van der Waals surface area (Å²) in [5, 5.41) is 0. The zero-order chi connectivity index (χ0) is 51.9. The molecule has 0 saturated carbocycles. The van der Waals surface area contributed by atoms with E-state index in [4.69, 9.17) is 9.97 Å². The molecule has 0 radical (unpaired) electrons. The first kappa shape index (κ1) is 49.8. The van der Waals surface area contributed by atoms with E-state index in [1.54, 1.807) is 48.5 Å². The van der Waals surface area contributed by atoms with E-state index in [-0.39, 0.29) is 21.4 Å². The van der Waals surface area contributed by atoms with Crippen molar-refractivity contribution < 1.29 is 16.8 Å². The molecule has 9 rings (SSSR count). The smallest absolute Gasteiger partial charge is 0.227 e. The lowest BCUT2D eigenvalue weighted by molar-refractivity contribution is 0.586. The minimum atomic E-state index is -4.39. The number of hydrogen-bond acceptors (Lipinski definition) is 6. The predicted octanol–water partition coefficient (Wildman–Crippen LogP) is 14.9. The van der Waals surface area contributed by atoms with Crippen LogP contribution in [0.15, 0.2) is 131 Å². The predicted molar refractivity (Wildman–Crippen MR) is 295 cm³/mol. The third-order valence-electron chi connectivity index (χ3n) is 13.8. The average molecular weight is 991 g/mol. The van der Waals surface area contributed by atoms with E-state index in [0.29, 0.717) is 33.9 Å². The summed E-state index contributed by atoms with van der Waals surface area (Å²) in [6.07, 6.45) is 0. The fourth-order valence-corrected chi connectivity index (χ4v) is 14.0. The van der Waals surface area contributed by atoms with Gasteiger partial charge in [0.05, 0.1) is 32.6 Å². The van der Waals surface area contributed by atoms with Gasteiger partial charge in [-0.3, -0.25) is 0 Å². The molecular formula is C62H62N4O4S2. The molecule has 366 valence electrons. The van der Waals surface area contributed by atoms with Crippen LogP contribution in [0.2, 0.25) is 0 Å². The number of aromatic nitrogens is 4. The number of benzene rings is 7. The normalized spacial score (nSPS) is 12.0. The molecule has 0 spiro atoms. The monoisotopic (exact) mass is 990 g/mol. The number of imidazole rings is 2. The van der Waals surface area contributed by atoms with E-state index >= 15 is 16.8 Å². The highest BCUT2D eigenvalue weighted by molar-refractivity contribution is 7.90. The molecule has 10 heteroatoms. The molecule has 72 heavy (non-hydrogen) atoms. The number of rotatable bonds is 10. The highest BCUT2D eigenvalue weighted by Crippen LogP contribution is 2.47. The molecule has 0 atom stereocenters. The Hall–Kier alpha value is -7.14. The van der Waals surface area contributed by atoms with Gasteiger partial charge in [-0.05, 0) is 172 Å². The molecule has 7 aromatic carbocycles. The van der Waals surface area contributed by atoms with Crippen molar-refractivity contribution in [1.29, 1.82) is 0 Å². The van der Waals surface area contributed by atoms with Crippen molar-refractivity contribution in [3.8, 4) is 67.8 Å². The van der Waals surface area contributed by atoms with Crippen LogP contribution < -0.4 is 0 Å². The molecule has 0 N–H and O–H groups in total. The van der Waals surface area contributed by atoms with Gasteiger partial charge in [0.2, 0.25) is 0 Å². The van der Waals surface area contributed by atoms with E-state index in [1.165, 1.54) is 7.94 Å². The number of nitrogens with zero attached hydrogens (tertiary/aromatic N) is 4. The minimum absolute atomic E-state index is 0.108. The summed E-state index contributed by atoms with van der Waals surface area (Å²) in [6.45, 7) is 28.3. The van der Waals surface area contributed by atoms with Crippen LogP contribution in [0.4, 0.5) is 0 Å². The van der Waals surface area contributed by atoms with Crippen LogP contribution in [-0.2, 0) is 20.0 Å². The number of aryl methyl sites for hydroxylation is 14. The zero-order valence-corrected chi connectivity index (χ0v) is 45.4.